The lowest BCUT2D eigenvalue weighted by atomic mass is 9.83. The number of nitrogens with zero attached hydrogens (tertiary/aromatic N) is 3. The van der Waals surface area contributed by atoms with Gasteiger partial charge in [0.2, 0.25) is 11.8 Å². The number of benzene rings is 1. The first-order chi connectivity index (χ1) is 12.6. The van der Waals surface area contributed by atoms with Crippen molar-refractivity contribution in [2.75, 3.05) is 18.0 Å². The van der Waals surface area contributed by atoms with E-state index < -0.39 is 0 Å². The van der Waals surface area contributed by atoms with Gasteiger partial charge in [0.15, 0.2) is 0 Å². The normalized spacial score (nSPS) is 16.0. The first-order valence-corrected chi connectivity index (χ1v) is 9.14. The molecule has 2 aromatic rings. The largest absolute Gasteiger partial charge is 0.420 e. The highest BCUT2D eigenvalue weighted by atomic mass is 16.5. The van der Waals surface area contributed by atoms with Crippen LogP contribution < -0.4 is 15.4 Å². The van der Waals surface area contributed by atoms with Gasteiger partial charge in [-0.3, -0.25) is 5.10 Å². The van der Waals surface area contributed by atoms with Gasteiger partial charge in [-0.05, 0) is 38.0 Å². The standard InChI is InChI=1S/C20H25N5O/c1-4-7-16-18-17(15(12-21)19(22)26-20(18)24-23-16)13-8-10-14(11-9-13)25(5-2)6-3/h8-11,17H,4-7,22H2,1-3H3,(H,23,24)/t17-/m0/s1. The molecular weight excluding hydrogens is 326 g/mol. The van der Waals surface area contributed by atoms with Crippen molar-refractivity contribution in [3.63, 3.8) is 0 Å². The third kappa shape index (κ3) is 3.01. The molecule has 0 radical (unpaired) electrons. The minimum absolute atomic E-state index is 0.132. The molecule has 0 amide bonds. The summed E-state index contributed by atoms with van der Waals surface area (Å²) in [5.41, 5.74) is 10.6. The molecule has 0 spiro atoms. The Labute approximate surface area is 154 Å². The zero-order chi connectivity index (χ0) is 18.7. The molecule has 6 nitrogen and oxygen atoms in total. The smallest absolute Gasteiger partial charge is 0.244 e. The number of aryl methyl sites for hydroxylation is 1. The number of allylic oxidation sites excluding steroid dienone is 1. The van der Waals surface area contributed by atoms with E-state index in [1.807, 2.05) is 0 Å². The number of fused-ring (bicyclic) bond motifs is 1. The number of anilines is 1. The Morgan fingerprint density at radius 2 is 1.92 bits per heavy atom. The van der Waals surface area contributed by atoms with E-state index in [2.05, 4.69) is 66.2 Å². The summed E-state index contributed by atoms with van der Waals surface area (Å²) in [6.45, 7) is 8.30. The highest BCUT2D eigenvalue weighted by molar-refractivity contribution is 5.57. The van der Waals surface area contributed by atoms with Gasteiger partial charge in [-0.15, -0.1) is 5.10 Å². The third-order valence-electron chi connectivity index (χ3n) is 4.87. The molecule has 0 aliphatic carbocycles. The summed E-state index contributed by atoms with van der Waals surface area (Å²) < 4.78 is 5.60. The average molecular weight is 351 g/mol. The number of nitrogens with two attached hydrogens (primary N) is 1. The molecular formula is C20H25N5O. The van der Waals surface area contributed by atoms with Crippen molar-refractivity contribution in [1.82, 2.24) is 10.2 Å². The summed E-state index contributed by atoms with van der Waals surface area (Å²) in [5, 5.41) is 17.0. The lowest BCUT2D eigenvalue weighted by molar-refractivity contribution is 0.378. The lowest BCUT2D eigenvalue weighted by Gasteiger charge is -2.25. The lowest BCUT2D eigenvalue weighted by Crippen LogP contribution is -2.22. The quantitative estimate of drug-likeness (QED) is 0.832. The monoisotopic (exact) mass is 351 g/mol. The van der Waals surface area contributed by atoms with E-state index in [0.29, 0.717) is 11.5 Å². The van der Waals surface area contributed by atoms with E-state index in [4.69, 9.17) is 10.5 Å². The number of aromatic nitrogens is 2. The maximum atomic E-state index is 9.69. The van der Waals surface area contributed by atoms with Crippen LogP contribution in [0.5, 0.6) is 5.88 Å². The minimum Gasteiger partial charge on any atom is -0.420 e. The van der Waals surface area contributed by atoms with Gasteiger partial charge in [-0.2, -0.15) is 5.26 Å². The molecule has 3 rings (SSSR count). The summed E-state index contributed by atoms with van der Waals surface area (Å²) in [5.74, 6) is 0.352. The van der Waals surface area contributed by atoms with Gasteiger partial charge < -0.3 is 15.4 Å². The Balaban J connectivity index is 2.07. The third-order valence-corrected chi connectivity index (χ3v) is 4.87. The van der Waals surface area contributed by atoms with Crippen molar-refractivity contribution in [2.45, 2.75) is 39.5 Å². The second-order valence-electron chi connectivity index (χ2n) is 6.36. The zero-order valence-corrected chi connectivity index (χ0v) is 15.5. The Morgan fingerprint density at radius 1 is 1.23 bits per heavy atom. The summed E-state index contributed by atoms with van der Waals surface area (Å²) in [4.78, 5) is 2.29. The Morgan fingerprint density at radius 3 is 2.50 bits per heavy atom. The first-order valence-electron chi connectivity index (χ1n) is 9.14. The zero-order valence-electron chi connectivity index (χ0n) is 15.5. The van der Waals surface area contributed by atoms with Crippen molar-refractivity contribution in [3.8, 4) is 11.9 Å². The molecule has 136 valence electrons. The second kappa shape index (κ2) is 7.52. The topological polar surface area (TPSA) is 91.0 Å². The maximum Gasteiger partial charge on any atom is 0.244 e. The summed E-state index contributed by atoms with van der Waals surface area (Å²) in [6.07, 6.45) is 1.82. The van der Waals surface area contributed by atoms with Crippen molar-refractivity contribution in [2.24, 2.45) is 5.73 Å². The predicted octanol–water partition coefficient (Wildman–Crippen LogP) is 3.43. The van der Waals surface area contributed by atoms with Crippen molar-refractivity contribution in [3.05, 3.63) is 52.5 Å². The van der Waals surface area contributed by atoms with Gasteiger partial charge in [0.1, 0.15) is 11.6 Å². The molecule has 3 N–H and O–H groups in total. The SMILES string of the molecule is CCCc1[nH]nc2c1[C@@H](c1ccc(N(CC)CC)cc1)C(C#N)=C(N)O2. The molecule has 1 aromatic carbocycles. The van der Waals surface area contributed by atoms with Crippen molar-refractivity contribution >= 4 is 5.69 Å². The maximum absolute atomic E-state index is 9.69. The van der Waals surface area contributed by atoms with E-state index in [1.165, 1.54) is 5.69 Å². The molecule has 1 aliphatic heterocycles. The van der Waals surface area contributed by atoms with E-state index in [9.17, 15) is 5.26 Å². The molecule has 6 heteroatoms. The van der Waals surface area contributed by atoms with Crippen LogP contribution in [0.4, 0.5) is 5.69 Å². The fourth-order valence-electron chi connectivity index (χ4n) is 3.55. The Kier molecular flexibility index (Phi) is 5.17. The molecule has 1 atom stereocenters. The van der Waals surface area contributed by atoms with Crippen LogP contribution in [0.25, 0.3) is 0 Å². The van der Waals surface area contributed by atoms with E-state index >= 15 is 0 Å². The van der Waals surface area contributed by atoms with Crippen LogP contribution in [-0.2, 0) is 6.42 Å². The molecule has 1 aliphatic rings. The molecule has 1 aromatic heterocycles. The van der Waals surface area contributed by atoms with Crippen LogP contribution in [-0.4, -0.2) is 23.3 Å². The molecule has 0 saturated carbocycles. The van der Waals surface area contributed by atoms with Gasteiger partial charge in [0, 0.05) is 30.0 Å². The molecule has 0 bridgehead atoms. The number of nitriles is 1. The highest BCUT2D eigenvalue weighted by Gasteiger charge is 2.34. The number of ether oxygens (including phenoxy) is 1. The van der Waals surface area contributed by atoms with Crippen molar-refractivity contribution < 1.29 is 4.74 Å². The Hall–Kier alpha value is -2.94. The van der Waals surface area contributed by atoms with Crippen LogP contribution in [0.3, 0.4) is 0 Å². The van der Waals surface area contributed by atoms with Crippen LogP contribution >= 0.6 is 0 Å². The van der Waals surface area contributed by atoms with Gasteiger partial charge in [0.25, 0.3) is 0 Å². The average Bonchev–Trinajstić information content (AvgIpc) is 3.05. The molecule has 26 heavy (non-hydrogen) atoms. The summed E-state index contributed by atoms with van der Waals surface area (Å²) in [7, 11) is 0. The molecule has 0 unspecified atom stereocenters. The van der Waals surface area contributed by atoms with Gasteiger partial charge in [0.05, 0.1) is 5.92 Å². The van der Waals surface area contributed by atoms with E-state index in [0.717, 1.165) is 42.8 Å². The van der Waals surface area contributed by atoms with Gasteiger partial charge >= 0.3 is 0 Å². The fourth-order valence-corrected chi connectivity index (χ4v) is 3.55. The molecule has 0 fully saturated rings. The molecule has 2 heterocycles. The number of rotatable bonds is 6. The van der Waals surface area contributed by atoms with E-state index in [-0.39, 0.29) is 11.8 Å². The first kappa shape index (κ1) is 17.9. The fraction of sp³-hybridized carbons (Fsp3) is 0.400. The predicted molar refractivity (Wildman–Crippen MR) is 102 cm³/mol. The van der Waals surface area contributed by atoms with Crippen LogP contribution in [0.15, 0.2) is 35.7 Å². The summed E-state index contributed by atoms with van der Waals surface area (Å²) in [6, 6.07) is 10.6. The van der Waals surface area contributed by atoms with Crippen LogP contribution in [0, 0.1) is 11.3 Å². The highest BCUT2D eigenvalue weighted by Crippen LogP contribution is 2.43. The molecule has 0 saturated heterocycles. The summed E-state index contributed by atoms with van der Waals surface area (Å²) >= 11 is 0. The number of H-pyrrole nitrogens is 1. The number of hydrogen-bond donors (Lipinski definition) is 2. The Bertz CT molecular complexity index is 840. The second-order valence-corrected chi connectivity index (χ2v) is 6.36. The minimum atomic E-state index is -0.255. The van der Waals surface area contributed by atoms with Gasteiger partial charge in [-0.1, -0.05) is 25.5 Å². The number of hydrogen-bond acceptors (Lipinski definition) is 5. The number of aromatic amines is 1. The number of nitrogens with one attached hydrogen (secondary N) is 1. The van der Waals surface area contributed by atoms with Crippen LogP contribution in [0.1, 0.15) is 49.9 Å². The van der Waals surface area contributed by atoms with Crippen LogP contribution in [0.2, 0.25) is 0 Å². The van der Waals surface area contributed by atoms with Gasteiger partial charge in [-0.25, -0.2) is 0 Å². The van der Waals surface area contributed by atoms with Crippen molar-refractivity contribution in [1.29, 1.82) is 5.26 Å². The van der Waals surface area contributed by atoms with E-state index in [1.54, 1.807) is 0 Å².